The molecule has 0 bridgehead atoms. The average molecular weight is 232 g/mol. The second-order valence-corrected chi connectivity index (χ2v) is 4.09. The van der Waals surface area contributed by atoms with E-state index in [0.29, 0.717) is 31.4 Å². The number of rotatable bonds is 3. The molecule has 0 amide bonds. The third kappa shape index (κ3) is 2.17. The van der Waals surface area contributed by atoms with Gasteiger partial charge in [0.1, 0.15) is 17.7 Å². The summed E-state index contributed by atoms with van der Waals surface area (Å²) in [5.74, 6) is -0.294. The van der Waals surface area contributed by atoms with E-state index in [1.807, 2.05) is 19.1 Å². The molecule has 0 radical (unpaired) electrons. The lowest BCUT2D eigenvalue weighted by molar-refractivity contribution is -0.153. The summed E-state index contributed by atoms with van der Waals surface area (Å²) in [7, 11) is 0. The third-order valence-corrected chi connectivity index (χ3v) is 3.40. The lowest BCUT2D eigenvalue weighted by atomic mass is 9.78. The van der Waals surface area contributed by atoms with Crippen LogP contribution in [-0.2, 0) is 9.53 Å². The Balaban J connectivity index is 3.25. The zero-order chi connectivity index (χ0) is 12.9. The summed E-state index contributed by atoms with van der Waals surface area (Å²) in [6, 6.07) is 3.78. The Bertz CT molecular complexity index is 410. The first-order valence-corrected chi connectivity index (χ1v) is 5.87. The Hall–Kier alpha value is -1.81. The largest absolute Gasteiger partial charge is 0.465 e. The van der Waals surface area contributed by atoms with Crippen molar-refractivity contribution in [2.24, 2.45) is 5.41 Å². The summed E-state index contributed by atoms with van der Waals surface area (Å²) in [4.78, 5) is 12.1. The first-order valence-electron chi connectivity index (χ1n) is 5.87. The van der Waals surface area contributed by atoms with Crippen LogP contribution in [0, 0.1) is 28.1 Å². The zero-order valence-electron chi connectivity index (χ0n) is 10.2. The minimum Gasteiger partial charge on any atom is -0.465 e. The lowest BCUT2D eigenvalue weighted by Crippen LogP contribution is -2.31. The van der Waals surface area contributed by atoms with Crippen LogP contribution in [0.1, 0.15) is 39.5 Å². The number of allylic oxidation sites excluding steroid dienone is 1. The highest BCUT2D eigenvalue weighted by atomic mass is 16.5. The molecule has 0 aromatic rings. The first-order chi connectivity index (χ1) is 8.16. The van der Waals surface area contributed by atoms with E-state index in [9.17, 15) is 4.79 Å². The zero-order valence-corrected chi connectivity index (χ0v) is 10.2. The molecule has 0 heterocycles. The summed E-state index contributed by atoms with van der Waals surface area (Å²) in [5.41, 5.74) is 0.0115. The fourth-order valence-corrected chi connectivity index (χ4v) is 2.51. The molecule has 17 heavy (non-hydrogen) atoms. The van der Waals surface area contributed by atoms with Gasteiger partial charge in [-0.3, -0.25) is 4.79 Å². The highest BCUT2D eigenvalue weighted by Crippen LogP contribution is 2.47. The molecule has 1 saturated carbocycles. The third-order valence-electron chi connectivity index (χ3n) is 3.40. The fourth-order valence-electron chi connectivity index (χ4n) is 2.51. The fraction of sp³-hybridized carbons (Fsp3) is 0.615. The monoisotopic (exact) mass is 232 g/mol. The maximum atomic E-state index is 12.1. The molecule has 4 nitrogen and oxygen atoms in total. The standard InChI is InChI=1S/C13H16N2O2/c1-3-13(12(16)17-4-2)7-5-6-11(13)10(8-14)9-15/h3-7H2,1-2H3. The molecule has 0 aliphatic heterocycles. The number of hydrogen-bond acceptors (Lipinski definition) is 4. The van der Waals surface area contributed by atoms with E-state index < -0.39 is 5.41 Å². The lowest BCUT2D eigenvalue weighted by Gasteiger charge is -2.26. The van der Waals surface area contributed by atoms with Crippen LogP contribution >= 0.6 is 0 Å². The molecular formula is C13H16N2O2. The molecule has 0 spiro atoms. The van der Waals surface area contributed by atoms with Gasteiger partial charge in [0, 0.05) is 0 Å². The number of nitriles is 2. The normalized spacial score (nSPS) is 22.7. The molecular weight excluding hydrogens is 216 g/mol. The molecule has 4 heteroatoms. The van der Waals surface area contributed by atoms with Crippen molar-refractivity contribution in [1.29, 1.82) is 10.5 Å². The van der Waals surface area contributed by atoms with Gasteiger partial charge in [-0.1, -0.05) is 6.92 Å². The average Bonchev–Trinajstić information content (AvgIpc) is 2.76. The van der Waals surface area contributed by atoms with Gasteiger partial charge in [0.25, 0.3) is 0 Å². The van der Waals surface area contributed by atoms with Gasteiger partial charge < -0.3 is 4.74 Å². The topological polar surface area (TPSA) is 73.9 Å². The van der Waals surface area contributed by atoms with E-state index in [1.165, 1.54) is 0 Å². The molecule has 1 aliphatic carbocycles. The Kier molecular flexibility index (Phi) is 4.29. The number of ether oxygens (including phenoxy) is 1. The number of esters is 1. The van der Waals surface area contributed by atoms with E-state index in [1.54, 1.807) is 6.92 Å². The maximum Gasteiger partial charge on any atom is 0.316 e. The number of nitrogens with zero attached hydrogens (tertiary/aromatic N) is 2. The molecule has 0 N–H and O–H groups in total. The van der Waals surface area contributed by atoms with Crippen molar-refractivity contribution in [2.45, 2.75) is 39.5 Å². The molecule has 1 rings (SSSR count). The molecule has 90 valence electrons. The number of carbonyl (C=O) groups is 1. The Morgan fingerprint density at radius 1 is 1.41 bits per heavy atom. The van der Waals surface area contributed by atoms with Crippen LogP contribution in [0.4, 0.5) is 0 Å². The van der Waals surface area contributed by atoms with Gasteiger partial charge in [-0.05, 0) is 38.2 Å². The van der Waals surface area contributed by atoms with Crippen molar-refractivity contribution < 1.29 is 9.53 Å². The Labute approximate surface area is 101 Å². The van der Waals surface area contributed by atoms with E-state index in [0.717, 1.165) is 6.42 Å². The van der Waals surface area contributed by atoms with Gasteiger partial charge in [0.2, 0.25) is 0 Å². The highest BCUT2D eigenvalue weighted by Gasteiger charge is 2.46. The van der Waals surface area contributed by atoms with Crippen molar-refractivity contribution in [3.05, 3.63) is 11.1 Å². The molecule has 0 aromatic carbocycles. The second-order valence-electron chi connectivity index (χ2n) is 4.09. The molecule has 0 saturated heterocycles. The summed E-state index contributed by atoms with van der Waals surface area (Å²) in [6.45, 7) is 3.98. The van der Waals surface area contributed by atoms with E-state index in [-0.39, 0.29) is 11.5 Å². The van der Waals surface area contributed by atoms with Gasteiger partial charge in [0.15, 0.2) is 0 Å². The van der Waals surface area contributed by atoms with E-state index in [4.69, 9.17) is 15.3 Å². The highest BCUT2D eigenvalue weighted by molar-refractivity contribution is 5.82. The summed E-state index contributed by atoms with van der Waals surface area (Å²) >= 11 is 0. The SMILES string of the molecule is CCOC(=O)C1(CC)CCCC1=C(C#N)C#N. The predicted octanol–water partition coefficient (Wildman–Crippen LogP) is 2.47. The van der Waals surface area contributed by atoms with Crippen LogP contribution in [-0.4, -0.2) is 12.6 Å². The number of hydrogen-bond donors (Lipinski definition) is 0. The van der Waals surface area contributed by atoms with Gasteiger partial charge in [-0.25, -0.2) is 0 Å². The minimum absolute atomic E-state index is 0.0809. The van der Waals surface area contributed by atoms with Gasteiger partial charge >= 0.3 is 5.97 Å². The van der Waals surface area contributed by atoms with Crippen molar-refractivity contribution >= 4 is 5.97 Å². The van der Waals surface area contributed by atoms with Crippen LogP contribution in [0.25, 0.3) is 0 Å². The summed E-state index contributed by atoms with van der Waals surface area (Å²) in [5, 5.41) is 17.9. The first kappa shape index (κ1) is 13.3. The molecule has 1 fully saturated rings. The molecule has 1 unspecified atom stereocenters. The summed E-state index contributed by atoms with van der Waals surface area (Å²) in [6.07, 6.45) is 2.72. The van der Waals surface area contributed by atoms with Crippen molar-refractivity contribution in [1.82, 2.24) is 0 Å². The van der Waals surface area contributed by atoms with Gasteiger partial charge in [-0.15, -0.1) is 0 Å². The van der Waals surface area contributed by atoms with E-state index >= 15 is 0 Å². The van der Waals surface area contributed by atoms with E-state index in [2.05, 4.69) is 0 Å². The van der Waals surface area contributed by atoms with Crippen LogP contribution in [0.15, 0.2) is 11.1 Å². The summed E-state index contributed by atoms with van der Waals surface area (Å²) < 4.78 is 5.10. The Morgan fingerprint density at radius 3 is 2.53 bits per heavy atom. The van der Waals surface area contributed by atoms with Crippen LogP contribution in [0.5, 0.6) is 0 Å². The van der Waals surface area contributed by atoms with Gasteiger partial charge in [0.05, 0.1) is 12.0 Å². The maximum absolute atomic E-state index is 12.1. The smallest absolute Gasteiger partial charge is 0.316 e. The molecule has 1 aliphatic rings. The second kappa shape index (κ2) is 5.50. The van der Waals surface area contributed by atoms with Crippen molar-refractivity contribution in [2.75, 3.05) is 6.61 Å². The quantitative estimate of drug-likeness (QED) is 0.553. The Morgan fingerprint density at radius 2 is 2.06 bits per heavy atom. The minimum atomic E-state index is -0.739. The predicted molar refractivity (Wildman–Crippen MR) is 61.5 cm³/mol. The molecule has 1 atom stereocenters. The van der Waals surface area contributed by atoms with Gasteiger partial charge in [-0.2, -0.15) is 10.5 Å². The van der Waals surface area contributed by atoms with Crippen LogP contribution in [0.2, 0.25) is 0 Å². The van der Waals surface area contributed by atoms with Crippen LogP contribution in [0.3, 0.4) is 0 Å². The van der Waals surface area contributed by atoms with Crippen molar-refractivity contribution in [3.8, 4) is 12.1 Å². The molecule has 0 aromatic heterocycles. The number of carbonyl (C=O) groups excluding carboxylic acids is 1. The van der Waals surface area contributed by atoms with Crippen molar-refractivity contribution in [3.63, 3.8) is 0 Å². The van der Waals surface area contributed by atoms with Crippen LogP contribution < -0.4 is 0 Å².